The average molecular weight is 455 g/mol. The van der Waals surface area contributed by atoms with E-state index in [1.54, 1.807) is 12.5 Å². The number of hydrogen-bond donors (Lipinski definition) is 2. The third-order valence-corrected chi connectivity index (χ3v) is 7.11. The molecule has 4 heterocycles. The van der Waals surface area contributed by atoms with Crippen molar-refractivity contribution >= 4 is 39.9 Å². The number of likely N-dealkylation sites (tertiary alicyclic amines) is 1. The molecule has 2 aliphatic heterocycles. The standard InChI is InChI=1S/C26H26N6O2/c1-15-2-8-21(17-3-6-19-16(10-17)5-9-24(33)29-19)31(13-15)26(34)18-4-7-20-22(11-18)32-14-28-12-23(32)25(27)30-20/h3-4,6-7,10-12,14-15,21H,2,5,8-9,13H2,1H3,(H2,27,30)(H,29,33)/t15-,21+/m0/s1. The minimum absolute atomic E-state index is 0.000122. The number of nitrogens with one attached hydrogen (secondary N) is 1. The van der Waals surface area contributed by atoms with Crippen molar-refractivity contribution in [2.75, 3.05) is 17.6 Å². The van der Waals surface area contributed by atoms with E-state index in [-0.39, 0.29) is 17.9 Å². The normalized spacial score (nSPS) is 20.4. The monoisotopic (exact) mass is 454 g/mol. The SMILES string of the molecule is C[C@H]1CC[C@H](c2ccc3c(c2)CCC(=O)N3)N(C(=O)c2ccc3nc(N)c4cncn4c3c2)C1. The zero-order valence-corrected chi connectivity index (χ0v) is 19.0. The van der Waals surface area contributed by atoms with Crippen LogP contribution in [0.25, 0.3) is 16.6 Å². The summed E-state index contributed by atoms with van der Waals surface area (Å²) in [7, 11) is 0. The predicted octanol–water partition coefficient (Wildman–Crippen LogP) is 3.96. The molecular weight excluding hydrogens is 428 g/mol. The van der Waals surface area contributed by atoms with Crippen molar-refractivity contribution in [2.24, 2.45) is 5.92 Å². The molecule has 0 radical (unpaired) electrons. The molecule has 0 bridgehead atoms. The Bertz CT molecular complexity index is 1460. The quantitative estimate of drug-likeness (QED) is 0.477. The molecule has 0 aliphatic carbocycles. The summed E-state index contributed by atoms with van der Waals surface area (Å²) in [5.74, 6) is 0.912. The van der Waals surface area contributed by atoms with Gasteiger partial charge in [-0.05, 0) is 60.6 Å². The van der Waals surface area contributed by atoms with Gasteiger partial charge in [0.15, 0.2) is 0 Å². The van der Waals surface area contributed by atoms with Gasteiger partial charge in [0.25, 0.3) is 5.91 Å². The van der Waals surface area contributed by atoms with Crippen molar-refractivity contribution in [3.8, 4) is 0 Å². The van der Waals surface area contributed by atoms with Crippen LogP contribution in [0.3, 0.4) is 0 Å². The maximum atomic E-state index is 13.8. The first-order valence-electron chi connectivity index (χ1n) is 11.7. The summed E-state index contributed by atoms with van der Waals surface area (Å²) in [5.41, 5.74) is 12.1. The lowest BCUT2D eigenvalue weighted by molar-refractivity contribution is -0.116. The van der Waals surface area contributed by atoms with E-state index >= 15 is 0 Å². The fourth-order valence-corrected chi connectivity index (χ4v) is 5.31. The highest BCUT2D eigenvalue weighted by atomic mass is 16.2. The summed E-state index contributed by atoms with van der Waals surface area (Å²) in [6, 6.07) is 11.8. The lowest BCUT2D eigenvalue weighted by Crippen LogP contribution is -2.41. The third-order valence-electron chi connectivity index (χ3n) is 7.11. The number of carbonyl (C=O) groups is 2. The summed E-state index contributed by atoms with van der Waals surface area (Å²) < 4.78 is 1.88. The molecular formula is C26H26N6O2. The number of anilines is 2. The van der Waals surface area contributed by atoms with Crippen molar-refractivity contribution in [3.63, 3.8) is 0 Å². The molecule has 0 saturated carbocycles. The van der Waals surface area contributed by atoms with Gasteiger partial charge in [-0.3, -0.25) is 14.0 Å². The molecule has 3 N–H and O–H groups in total. The molecule has 1 saturated heterocycles. The molecule has 8 nitrogen and oxygen atoms in total. The van der Waals surface area contributed by atoms with Crippen molar-refractivity contribution in [1.29, 1.82) is 0 Å². The second kappa shape index (κ2) is 7.83. The number of rotatable bonds is 2. The van der Waals surface area contributed by atoms with Crippen LogP contribution in [0.5, 0.6) is 0 Å². The number of piperidine rings is 1. The number of fused-ring (bicyclic) bond motifs is 4. The minimum atomic E-state index is 0.000122. The first-order valence-corrected chi connectivity index (χ1v) is 11.7. The summed E-state index contributed by atoms with van der Waals surface area (Å²) >= 11 is 0. The Balaban J connectivity index is 1.38. The van der Waals surface area contributed by atoms with Gasteiger partial charge in [-0.1, -0.05) is 19.1 Å². The molecule has 2 aromatic heterocycles. The zero-order chi connectivity index (χ0) is 23.4. The molecule has 2 aromatic carbocycles. The number of nitrogens with two attached hydrogens (primary N) is 1. The molecule has 0 spiro atoms. The van der Waals surface area contributed by atoms with Crippen molar-refractivity contribution < 1.29 is 9.59 Å². The topological polar surface area (TPSA) is 106 Å². The Morgan fingerprint density at radius 3 is 2.88 bits per heavy atom. The van der Waals surface area contributed by atoms with E-state index < -0.39 is 0 Å². The van der Waals surface area contributed by atoms with Crippen LogP contribution in [0.4, 0.5) is 11.5 Å². The number of benzene rings is 2. The first kappa shape index (κ1) is 20.7. The van der Waals surface area contributed by atoms with Crippen LogP contribution in [0.15, 0.2) is 48.9 Å². The fourth-order valence-electron chi connectivity index (χ4n) is 5.31. The first-order chi connectivity index (χ1) is 16.5. The van der Waals surface area contributed by atoms with Crippen LogP contribution in [-0.2, 0) is 11.2 Å². The molecule has 34 heavy (non-hydrogen) atoms. The van der Waals surface area contributed by atoms with Crippen LogP contribution >= 0.6 is 0 Å². The lowest BCUT2D eigenvalue weighted by atomic mass is 9.87. The number of imidazole rings is 1. The predicted molar refractivity (Wildman–Crippen MR) is 130 cm³/mol. The number of hydrogen-bond acceptors (Lipinski definition) is 5. The van der Waals surface area contributed by atoms with Crippen LogP contribution < -0.4 is 11.1 Å². The van der Waals surface area contributed by atoms with Crippen molar-refractivity contribution in [1.82, 2.24) is 19.3 Å². The van der Waals surface area contributed by atoms with E-state index in [4.69, 9.17) is 5.73 Å². The van der Waals surface area contributed by atoms with Gasteiger partial charge in [0.05, 0.1) is 29.6 Å². The molecule has 2 atom stereocenters. The number of carbonyl (C=O) groups excluding carboxylic acids is 2. The molecule has 1 fully saturated rings. The Morgan fingerprint density at radius 1 is 1.12 bits per heavy atom. The van der Waals surface area contributed by atoms with E-state index in [1.807, 2.05) is 39.6 Å². The highest BCUT2D eigenvalue weighted by Crippen LogP contribution is 2.37. The van der Waals surface area contributed by atoms with E-state index in [9.17, 15) is 9.59 Å². The maximum Gasteiger partial charge on any atom is 0.254 e. The van der Waals surface area contributed by atoms with Gasteiger partial charge in [-0.25, -0.2) is 9.97 Å². The number of nitrogens with zero attached hydrogens (tertiary/aromatic N) is 4. The molecule has 2 amide bonds. The Labute approximate surface area is 196 Å². The zero-order valence-electron chi connectivity index (χ0n) is 19.0. The van der Waals surface area contributed by atoms with Crippen LogP contribution in [0.1, 0.15) is 53.7 Å². The minimum Gasteiger partial charge on any atom is -0.382 e. The Hall–Kier alpha value is -3.94. The summed E-state index contributed by atoms with van der Waals surface area (Å²) in [4.78, 5) is 36.3. The molecule has 0 unspecified atom stereocenters. The van der Waals surface area contributed by atoms with E-state index in [2.05, 4.69) is 28.3 Å². The third kappa shape index (κ3) is 3.37. The van der Waals surface area contributed by atoms with Gasteiger partial charge in [-0.2, -0.15) is 0 Å². The fraction of sp³-hybridized carbons (Fsp3) is 0.308. The van der Waals surface area contributed by atoms with Crippen LogP contribution in [0, 0.1) is 5.92 Å². The Kier molecular flexibility index (Phi) is 4.76. The maximum absolute atomic E-state index is 13.8. The highest BCUT2D eigenvalue weighted by molar-refractivity contribution is 5.98. The van der Waals surface area contributed by atoms with Gasteiger partial charge in [0.2, 0.25) is 5.91 Å². The average Bonchev–Trinajstić information content (AvgIpc) is 3.34. The van der Waals surface area contributed by atoms with E-state index in [1.165, 1.54) is 0 Å². The molecule has 172 valence electrons. The van der Waals surface area contributed by atoms with Gasteiger partial charge in [0, 0.05) is 24.2 Å². The van der Waals surface area contributed by atoms with Crippen LogP contribution in [0.2, 0.25) is 0 Å². The number of amides is 2. The molecule has 4 aromatic rings. The molecule has 8 heteroatoms. The summed E-state index contributed by atoms with van der Waals surface area (Å²) in [5, 5.41) is 2.95. The van der Waals surface area contributed by atoms with Crippen molar-refractivity contribution in [3.05, 3.63) is 65.6 Å². The molecule has 2 aliphatic rings. The smallest absolute Gasteiger partial charge is 0.254 e. The van der Waals surface area contributed by atoms with Gasteiger partial charge >= 0.3 is 0 Å². The number of aryl methyl sites for hydroxylation is 1. The summed E-state index contributed by atoms with van der Waals surface area (Å²) in [6.07, 6.45) is 6.58. The van der Waals surface area contributed by atoms with E-state index in [0.29, 0.717) is 30.3 Å². The van der Waals surface area contributed by atoms with Crippen molar-refractivity contribution in [2.45, 2.75) is 38.6 Å². The lowest BCUT2D eigenvalue weighted by Gasteiger charge is -2.39. The van der Waals surface area contributed by atoms with Gasteiger partial charge in [-0.15, -0.1) is 0 Å². The Morgan fingerprint density at radius 2 is 2.00 bits per heavy atom. The second-order valence-corrected chi connectivity index (χ2v) is 9.47. The van der Waals surface area contributed by atoms with Gasteiger partial charge < -0.3 is 16.0 Å². The van der Waals surface area contributed by atoms with E-state index in [0.717, 1.165) is 52.6 Å². The van der Waals surface area contributed by atoms with Gasteiger partial charge in [0.1, 0.15) is 11.3 Å². The molecule has 6 rings (SSSR count). The summed E-state index contributed by atoms with van der Waals surface area (Å²) in [6.45, 7) is 2.90. The highest BCUT2D eigenvalue weighted by Gasteiger charge is 2.32. The van der Waals surface area contributed by atoms with Crippen LogP contribution in [-0.4, -0.2) is 37.6 Å². The largest absolute Gasteiger partial charge is 0.382 e. The number of nitrogen functional groups attached to an aromatic ring is 1. The second-order valence-electron chi connectivity index (χ2n) is 9.47. The number of aromatic nitrogens is 3.